The largest absolute Gasteiger partial charge is 0.497 e. The number of carbonyl (C=O) groups excluding carboxylic acids is 1. The van der Waals surface area contributed by atoms with Crippen LogP contribution in [0.3, 0.4) is 0 Å². The summed E-state index contributed by atoms with van der Waals surface area (Å²) in [6.45, 7) is 8.88. The van der Waals surface area contributed by atoms with Gasteiger partial charge in [-0.15, -0.1) is 0 Å². The zero-order chi connectivity index (χ0) is 21.7. The Balaban J connectivity index is 1.92. The molecule has 2 aromatic rings. The minimum atomic E-state index is -0.277. The average Bonchev–Trinajstić information content (AvgIpc) is 2.69. The van der Waals surface area contributed by atoms with Crippen molar-refractivity contribution in [3.63, 3.8) is 0 Å². The first-order valence-corrected chi connectivity index (χ1v) is 10.3. The molecule has 3 rings (SSSR count). The van der Waals surface area contributed by atoms with E-state index in [1.807, 2.05) is 29.2 Å². The van der Waals surface area contributed by atoms with Crippen LogP contribution in [0.1, 0.15) is 37.9 Å². The van der Waals surface area contributed by atoms with Crippen molar-refractivity contribution >= 4 is 5.91 Å². The van der Waals surface area contributed by atoms with Gasteiger partial charge in [-0.1, -0.05) is 57.2 Å². The molecule has 0 N–H and O–H groups in total. The lowest BCUT2D eigenvalue weighted by Crippen LogP contribution is -2.45. The van der Waals surface area contributed by atoms with Crippen molar-refractivity contribution in [1.29, 1.82) is 0 Å². The first kappa shape index (κ1) is 22.0. The summed E-state index contributed by atoms with van der Waals surface area (Å²) in [6.07, 6.45) is 4.24. The van der Waals surface area contributed by atoms with Crippen molar-refractivity contribution in [3.8, 4) is 5.75 Å². The molecule has 0 aliphatic carbocycles. The lowest BCUT2D eigenvalue weighted by molar-refractivity contribution is -0.135. The number of rotatable bonds is 5. The summed E-state index contributed by atoms with van der Waals surface area (Å²) in [5.74, 6) is 0.566. The molecule has 0 fully saturated rings. The van der Waals surface area contributed by atoms with E-state index in [4.69, 9.17) is 4.74 Å². The van der Waals surface area contributed by atoms with E-state index in [0.717, 1.165) is 30.0 Å². The number of ether oxygens (including phenoxy) is 1. The van der Waals surface area contributed by atoms with E-state index in [1.54, 1.807) is 19.2 Å². The van der Waals surface area contributed by atoms with Crippen LogP contribution in [0.2, 0.25) is 0 Å². The van der Waals surface area contributed by atoms with E-state index in [1.165, 1.54) is 12.1 Å². The maximum atomic E-state index is 13.4. The maximum Gasteiger partial charge on any atom is 0.237 e. The van der Waals surface area contributed by atoms with Gasteiger partial charge in [-0.25, -0.2) is 4.39 Å². The summed E-state index contributed by atoms with van der Waals surface area (Å²) in [4.78, 5) is 17.4. The molecule has 5 heteroatoms. The Morgan fingerprint density at radius 3 is 2.33 bits per heavy atom. The number of nitrogens with zero attached hydrogens (tertiary/aromatic N) is 2. The summed E-state index contributed by atoms with van der Waals surface area (Å²) >= 11 is 0. The second-order valence-corrected chi connectivity index (χ2v) is 9.02. The normalized spacial score (nSPS) is 19.3. The van der Waals surface area contributed by atoms with Gasteiger partial charge in [0.25, 0.3) is 0 Å². The highest BCUT2D eigenvalue weighted by Gasteiger charge is 2.28. The fraction of sp³-hybridized carbons (Fsp3) is 0.400. The average molecular weight is 411 g/mol. The third-order valence-electron chi connectivity index (χ3n) is 5.12. The minimum absolute atomic E-state index is 0.0637. The molecule has 1 aliphatic heterocycles. The van der Waals surface area contributed by atoms with E-state index >= 15 is 0 Å². The zero-order valence-electron chi connectivity index (χ0n) is 18.3. The van der Waals surface area contributed by atoms with E-state index in [-0.39, 0.29) is 23.2 Å². The summed E-state index contributed by atoms with van der Waals surface area (Å²) < 4.78 is 18.6. The lowest BCUT2D eigenvalue weighted by atomic mass is 9.95. The molecule has 0 saturated carbocycles. The number of benzene rings is 2. The highest BCUT2D eigenvalue weighted by Crippen LogP contribution is 2.28. The van der Waals surface area contributed by atoms with Gasteiger partial charge in [0.05, 0.1) is 19.7 Å². The van der Waals surface area contributed by atoms with Gasteiger partial charge in [-0.3, -0.25) is 9.69 Å². The molecule has 1 unspecified atom stereocenters. The monoisotopic (exact) mass is 410 g/mol. The quantitative estimate of drug-likeness (QED) is 0.663. The summed E-state index contributed by atoms with van der Waals surface area (Å²) in [7, 11) is 1.64. The predicted octanol–water partition coefficient (Wildman–Crippen LogP) is 4.82. The van der Waals surface area contributed by atoms with Crippen molar-refractivity contribution in [3.05, 3.63) is 77.6 Å². The Bertz CT molecular complexity index is 870. The molecule has 0 spiro atoms. The smallest absolute Gasteiger partial charge is 0.237 e. The van der Waals surface area contributed by atoms with Crippen molar-refractivity contribution in [1.82, 2.24) is 9.80 Å². The molecule has 0 aromatic heterocycles. The fourth-order valence-electron chi connectivity index (χ4n) is 3.80. The first-order valence-electron chi connectivity index (χ1n) is 10.3. The fourth-order valence-corrected chi connectivity index (χ4v) is 3.80. The third-order valence-corrected chi connectivity index (χ3v) is 5.12. The molecule has 0 radical (unpaired) electrons. The van der Waals surface area contributed by atoms with Gasteiger partial charge in [-0.05, 0) is 40.8 Å². The van der Waals surface area contributed by atoms with Crippen molar-refractivity contribution in [2.24, 2.45) is 5.41 Å². The molecule has 1 amide bonds. The van der Waals surface area contributed by atoms with E-state index < -0.39 is 0 Å². The second-order valence-electron chi connectivity index (χ2n) is 9.02. The molecular formula is C25H31FN2O2. The molecule has 30 heavy (non-hydrogen) atoms. The van der Waals surface area contributed by atoms with Gasteiger partial charge >= 0.3 is 0 Å². The molecule has 2 aromatic carbocycles. The van der Waals surface area contributed by atoms with E-state index in [9.17, 15) is 9.18 Å². The number of methoxy groups -OCH3 is 1. The second kappa shape index (κ2) is 9.43. The number of halogens is 1. The van der Waals surface area contributed by atoms with Crippen molar-refractivity contribution in [2.45, 2.75) is 33.4 Å². The Kier molecular flexibility index (Phi) is 6.93. The van der Waals surface area contributed by atoms with Gasteiger partial charge in [0.1, 0.15) is 11.6 Å². The van der Waals surface area contributed by atoms with Gasteiger partial charge in [0.2, 0.25) is 5.91 Å². The molecule has 160 valence electrons. The Labute approximate surface area is 178 Å². The standard InChI is InChI=1S/C25H31FN2O2/c1-25(2,3)18-27-15-5-6-23(20-9-13-22(30-4)14-10-20)28(24(29)17-27)16-19-7-11-21(26)12-8-19/h5-14,23H,15-18H2,1-4H3/b6-5-. The highest BCUT2D eigenvalue weighted by atomic mass is 19.1. The van der Waals surface area contributed by atoms with Crippen molar-refractivity contribution in [2.75, 3.05) is 26.7 Å². The third kappa shape index (κ3) is 5.92. The van der Waals surface area contributed by atoms with Crippen LogP contribution >= 0.6 is 0 Å². The first-order chi connectivity index (χ1) is 14.2. The Morgan fingerprint density at radius 1 is 1.07 bits per heavy atom. The van der Waals surface area contributed by atoms with Gasteiger partial charge in [0, 0.05) is 19.6 Å². The van der Waals surface area contributed by atoms with Gasteiger partial charge < -0.3 is 9.64 Å². The van der Waals surface area contributed by atoms with Gasteiger partial charge in [0.15, 0.2) is 0 Å². The molecule has 0 bridgehead atoms. The van der Waals surface area contributed by atoms with Crippen LogP contribution < -0.4 is 4.74 Å². The summed E-state index contributed by atoms with van der Waals surface area (Å²) in [6, 6.07) is 14.0. The number of hydrogen-bond donors (Lipinski definition) is 0. The number of hydrogen-bond acceptors (Lipinski definition) is 3. The summed E-state index contributed by atoms with van der Waals surface area (Å²) in [5.41, 5.74) is 2.02. The van der Waals surface area contributed by atoms with Gasteiger partial charge in [-0.2, -0.15) is 0 Å². The maximum absolute atomic E-state index is 13.4. The molecular weight excluding hydrogens is 379 g/mol. The van der Waals surface area contributed by atoms with Crippen LogP contribution in [0.5, 0.6) is 5.75 Å². The Hall–Kier alpha value is -2.66. The molecule has 1 atom stereocenters. The molecule has 1 heterocycles. The molecule has 1 aliphatic rings. The number of carbonyl (C=O) groups is 1. The lowest BCUT2D eigenvalue weighted by Gasteiger charge is -2.36. The SMILES string of the molecule is COc1ccc(C2/C=C\CN(CC(C)(C)C)CC(=O)N2Cc2ccc(F)cc2)cc1. The topological polar surface area (TPSA) is 32.8 Å². The van der Waals surface area contributed by atoms with E-state index in [2.05, 4.69) is 37.8 Å². The highest BCUT2D eigenvalue weighted by molar-refractivity contribution is 5.79. The van der Waals surface area contributed by atoms with Crippen LogP contribution in [-0.2, 0) is 11.3 Å². The molecule has 4 nitrogen and oxygen atoms in total. The number of amides is 1. The summed E-state index contributed by atoms with van der Waals surface area (Å²) in [5, 5.41) is 0. The Morgan fingerprint density at radius 2 is 1.73 bits per heavy atom. The predicted molar refractivity (Wildman–Crippen MR) is 118 cm³/mol. The van der Waals surface area contributed by atoms with E-state index in [0.29, 0.717) is 13.1 Å². The molecule has 0 saturated heterocycles. The van der Waals surface area contributed by atoms with Crippen LogP contribution in [0.4, 0.5) is 4.39 Å². The van der Waals surface area contributed by atoms with Crippen LogP contribution in [0.25, 0.3) is 0 Å². The van der Waals surface area contributed by atoms with Crippen LogP contribution in [-0.4, -0.2) is 42.5 Å². The van der Waals surface area contributed by atoms with Crippen LogP contribution in [0, 0.1) is 11.2 Å². The minimum Gasteiger partial charge on any atom is -0.497 e. The van der Waals surface area contributed by atoms with Crippen LogP contribution in [0.15, 0.2) is 60.7 Å². The zero-order valence-corrected chi connectivity index (χ0v) is 18.3. The van der Waals surface area contributed by atoms with Crippen molar-refractivity contribution < 1.29 is 13.9 Å².